The monoisotopic (exact) mass is 405 g/mol. The molecule has 0 unspecified atom stereocenters. The van der Waals surface area contributed by atoms with E-state index in [0.29, 0.717) is 12.5 Å². The minimum Gasteiger partial charge on any atom is -0.476 e. The number of aromatic amines is 2. The topological polar surface area (TPSA) is 105 Å². The molecule has 0 saturated carbocycles. The molecule has 2 N–H and O–H groups in total. The van der Waals surface area contributed by atoms with Gasteiger partial charge in [-0.2, -0.15) is 5.10 Å². The van der Waals surface area contributed by atoms with Crippen LogP contribution in [0.1, 0.15) is 5.69 Å². The van der Waals surface area contributed by atoms with Gasteiger partial charge in [-0.05, 0) is 13.0 Å². The Morgan fingerprint density at radius 3 is 2.77 bits per heavy atom. The van der Waals surface area contributed by atoms with E-state index in [4.69, 9.17) is 14.5 Å². The smallest absolute Gasteiger partial charge is 0.213 e. The highest BCUT2D eigenvalue weighted by molar-refractivity contribution is 5.91. The average molecular weight is 405 g/mol. The van der Waals surface area contributed by atoms with Gasteiger partial charge in [0.25, 0.3) is 0 Å². The van der Waals surface area contributed by atoms with Gasteiger partial charge in [-0.1, -0.05) is 0 Å². The second kappa shape index (κ2) is 8.21. The summed E-state index contributed by atoms with van der Waals surface area (Å²) in [7, 11) is 0. The first-order chi connectivity index (χ1) is 14.8. The van der Waals surface area contributed by atoms with Gasteiger partial charge in [0.15, 0.2) is 5.65 Å². The van der Waals surface area contributed by atoms with E-state index < -0.39 is 0 Å². The zero-order chi connectivity index (χ0) is 20.3. The van der Waals surface area contributed by atoms with Crippen molar-refractivity contribution < 1.29 is 9.47 Å². The molecule has 0 atom stereocenters. The summed E-state index contributed by atoms with van der Waals surface area (Å²) in [5.41, 5.74) is 6.13. The molecule has 0 radical (unpaired) electrons. The molecule has 9 heteroatoms. The number of H-pyrrole nitrogens is 2. The van der Waals surface area contributed by atoms with Gasteiger partial charge in [-0.25, -0.2) is 15.0 Å². The molecule has 0 amide bonds. The van der Waals surface area contributed by atoms with Crippen LogP contribution in [0.3, 0.4) is 0 Å². The van der Waals surface area contributed by atoms with E-state index in [9.17, 15) is 0 Å². The largest absolute Gasteiger partial charge is 0.476 e. The molecule has 1 aliphatic heterocycles. The maximum absolute atomic E-state index is 5.81. The van der Waals surface area contributed by atoms with E-state index in [1.807, 2.05) is 31.5 Å². The number of aryl methyl sites for hydroxylation is 1. The predicted octanol–water partition coefficient (Wildman–Crippen LogP) is 2.43. The number of hydrogen-bond donors (Lipinski definition) is 2. The molecular formula is C21H23N7O2. The number of nitrogens with one attached hydrogen (secondary N) is 2. The SMILES string of the molecule is Cc1[nH]ncc1-c1cnc2[nH]cc(-c3ccc(OCCN4CCOCC4)nc3)c2n1. The molecule has 9 nitrogen and oxygen atoms in total. The highest BCUT2D eigenvalue weighted by Gasteiger charge is 2.13. The summed E-state index contributed by atoms with van der Waals surface area (Å²) in [5, 5.41) is 7.02. The van der Waals surface area contributed by atoms with Crippen molar-refractivity contribution in [1.82, 2.24) is 35.0 Å². The maximum Gasteiger partial charge on any atom is 0.213 e. The first-order valence-electron chi connectivity index (χ1n) is 10.0. The summed E-state index contributed by atoms with van der Waals surface area (Å²) in [6.45, 7) is 6.95. The van der Waals surface area contributed by atoms with Crippen molar-refractivity contribution in [1.29, 1.82) is 0 Å². The summed E-state index contributed by atoms with van der Waals surface area (Å²) < 4.78 is 11.2. The van der Waals surface area contributed by atoms with Gasteiger partial charge in [-0.15, -0.1) is 0 Å². The lowest BCUT2D eigenvalue weighted by molar-refractivity contribution is 0.0320. The van der Waals surface area contributed by atoms with Gasteiger partial charge in [0.1, 0.15) is 12.1 Å². The van der Waals surface area contributed by atoms with Gasteiger partial charge in [-0.3, -0.25) is 10.00 Å². The third-order valence-electron chi connectivity index (χ3n) is 5.30. The number of fused-ring (bicyclic) bond motifs is 1. The maximum atomic E-state index is 5.81. The summed E-state index contributed by atoms with van der Waals surface area (Å²) in [6.07, 6.45) is 7.24. The number of ether oxygens (including phenoxy) is 2. The molecule has 4 aromatic heterocycles. The molecule has 1 saturated heterocycles. The molecule has 5 heterocycles. The van der Waals surface area contributed by atoms with Crippen LogP contribution in [0, 0.1) is 6.92 Å². The summed E-state index contributed by atoms with van der Waals surface area (Å²) >= 11 is 0. The highest BCUT2D eigenvalue weighted by atomic mass is 16.5. The van der Waals surface area contributed by atoms with E-state index in [-0.39, 0.29) is 0 Å². The highest BCUT2D eigenvalue weighted by Crippen LogP contribution is 2.29. The lowest BCUT2D eigenvalue weighted by Crippen LogP contribution is -2.38. The van der Waals surface area contributed by atoms with Crippen LogP contribution in [-0.2, 0) is 4.74 Å². The van der Waals surface area contributed by atoms with Crippen LogP contribution in [0.2, 0.25) is 0 Å². The molecule has 0 aromatic carbocycles. The number of rotatable bonds is 6. The van der Waals surface area contributed by atoms with Crippen molar-refractivity contribution >= 4 is 11.2 Å². The van der Waals surface area contributed by atoms with Crippen molar-refractivity contribution in [3.63, 3.8) is 0 Å². The first-order valence-corrected chi connectivity index (χ1v) is 10.0. The van der Waals surface area contributed by atoms with Gasteiger partial charge >= 0.3 is 0 Å². The minimum absolute atomic E-state index is 0.609. The first kappa shape index (κ1) is 18.7. The zero-order valence-corrected chi connectivity index (χ0v) is 16.8. The van der Waals surface area contributed by atoms with Crippen molar-refractivity contribution in [2.45, 2.75) is 6.92 Å². The predicted molar refractivity (Wildman–Crippen MR) is 112 cm³/mol. The Hall–Kier alpha value is -3.30. The summed E-state index contributed by atoms with van der Waals surface area (Å²) in [4.78, 5) is 19.3. The van der Waals surface area contributed by atoms with E-state index in [0.717, 1.165) is 72.1 Å². The quantitative estimate of drug-likeness (QED) is 0.508. The lowest BCUT2D eigenvalue weighted by atomic mass is 10.1. The fourth-order valence-electron chi connectivity index (χ4n) is 3.58. The van der Waals surface area contributed by atoms with Crippen LogP contribution in [0.4, 0.5) is 0 Å². The van der Waals surface area contributed by atoms with Crippen LogP contribution in [0.5, 0.6) is 5.88 Å². The molecule has 30 heavy (non-hydrogen) atoms. The lowest BCUT2D eigenvalue weighted by Gasteiger charge is -2.26. The van der Waals surface area contributed by atoms with Gasteiger partial charge < -0.3 is 14.5 Å². The zero-order valence-electron chi connectivity index (χ0n) is 16.8. The van der Waals surface area contributed by atoms with Gasteiger partial charge in [0, 0.05) is 60.5 Å². The molecule has 1 aliphatic rings. The Kier molecular flexibility index (Phi) is 5.12. The van der Waals surface area contributed by atoms with Crippen molar-refractivity contribution in [3.05, 3.63) is 42.6 Å². The van der Waals surface area contributed by atoms with Crippen molar-refractivity contribution in [2.75, 3.05) is 39.5 Å². The molecule has 0 spiro atoms. The van der Waals surface area contributed by atoms with Crippen LogP contribution in [0.25, 0.3) is 33.5 Å². The third kappa shape index (κ3) is 3.77. The normalized spacial score (nSPS) is 15.0. The molecule has 1 fully saturated rings. The number of nitrogens with zero attached hydrogens (tertiary/aromatic N) is 5. The number of hydrogen-bond acceptors (Lipinski definition) is 7. The van der Waals surface area contributed by atoms with Crippen LogP contribution >= 0.6 is 0 Å². The number of pyridine rings is 1. The van der Waals surface area contributed by atoms with Crippen LogP contribution in [-0.4, -0.2) is 74.5 Å². The Bertz CT molecular complexity index is 1130. The molecule has 0 bridgehead atoms. The van der Waals surface area contributed by atoms with Crippen LogP contribution in [0.15, 0.2) is 36.9 Å². The second-order valence-corrected chi connectivity index (χ2v) is 7.25. The Morgan fingerprint density at radius 2 is 2.00 bits per heavy atom. The second-order valence-electron chi connectivity index (χ2n) is 7.25. The van der Waals surface area contributed by atoms with Gasteiger partial charge in [0.2, 0.25) is 5.88 Å². The van der Waals surface area contributed by atoms with E-state index >= 15 is 0 Å². The standard InChI is InChI=1S/C21H23N7O2/c1-14-16(12-25-27-14)18-13-24-21-20(26-18)17(11-23-21)15-2-3-19(22-10-15)30-9-6-28-4-7-29-8-5-28/h2-3,10-13H,4-9H2,1H3,(H,23,24)(H,25,27). The van der Waals surface area contributed by atoms with E-state index in [2.05, 4.69) is 30.0 Å². The fourth-order valence-corrected chi connectivity index (χ4v) is 3.58. The number of aromatic nitrogens is 6. The molecule has 0 aliphatic carbocycles. The van der Waals surface area contributed by atoms with Crippen molar-refractivity contribution in [3.8, 4) is 28.3 Å². The Morgan fingerprint density at radius 1 is 1.10 bits per heavy atom. The van der Waals surface area contributed by atoms with Crippen LogP contribution < -0.4 is 4.74 Å². The number of morpholine rings is 1. The summed E-state index contributed by atoms with van der Waals surface area (Å²) in [6, 6.07) is 3.89. The fraction of sp³-hybridized carbons (Fsp3) is 0.333. The Balaban J connectivity index is 1.32. The van der Waals surface area contributed by atoms with Gasteiger partial charge in [0.05, 0.1) is 31.3 Å². The van der Waals surface area contributed by atoms with Crippen molar-refractivity contribution in [2.24, 2.45) is 0 Å². The van der Waals surface area contributed by atoms with E-state index in [1.54, 1.807) is 12.4 Å². The average Bonchev–Trinajstić information content (AvgIpc) is 3.40. The Labute approximate surface area is 173 Å². The molecule has 154 valence electrons. The summed E-state index contributed by atoms with van der Waals surface area (Å²) in [5.74, 6) is 0.618. The minimum atomic E-state index is 0.609. The molecule has 5 rings (SSSR count). The van der Waals surface area contributed by atoms with E-state index in [1.165, 1.54) is 0 Å². The molecular weight excluding hydrogens is 382 g/mol. The third-order valence-corrected chi connectivity index (χ3v) is 5.30. The molecule has 4 aromatic rings.